The molecule has 1 atom stereocenters. The van der Waals surface area contributed by atoms with Crippen molar-refractivity contribution >= 4 is 11.6 Å². The topological polar surface area (TPSA) is 16.1 Å². The first kappa shape index (κ1) is 11.9. The molecule has 16 heavy (non-hydrogen) atoms. The second-order valence-corrected chi connectivity index (χ2v) is 4.97. The van der Waals surface area contributed by atoms with Gasteiger partial charge in [-0.3, -0.25) is 9.88 Å². The van der Waals surface area contributed by atoms with Crippen molar-refractivity contribution in [3.05, 3.63) is 29.6 Å². The van der Waals surface area contributed by atoms with E-state index in [2.05, 4.69) is 22.9 Å². The van der Waals surface area contributed by atoms with Crippen LogP contribution in [-0.4, -0.2) is 28.9 Å². The Kier molecular flexibility index (Phi) is 4.19. The smallest absolute Gasteiger partial charge is 0.0573 e. The van der Waals surface area contributed by atoms with E-state index in [1.54, 1.807) is 0 Å². The van der Waals surface area contributed by atoms with Crippen LogP contribution in [0.25, 0.3) is 0 Å². The fraction of sp³-hybridized carbons (Fsp3) is 0.615. The standard InChI is InChI=1S/C13H19ClN2/c1-11-4-2-6-15-13(11)10-16-7-3-5-12(8-14)9-16/h2,4,6,12H,3,5,7-10H2,1H3. The predicted molar refractivity (Wildman–Crippen MR) is 67.7 cm³/mol. The Balaban J connectivity index is 1.97. The van der Waals surface area contributed by atoms with Gasteiger partial charge in [0.25, 0.3) is 0 Å². The molecule has 3 heteroatoms. The summed E-state index contributed by atoms with van der Waals surface area (Å²) in [5.74, 6) is 1.46. The molecular formula is C13H19ClN2. The second-order valence-electron chi connectivity index (χ2n) is 4.66. The molecule has 0 aliphatic carbocycles. The van der Waals surface area contributed by atoms with E-state index in [1.165, 1.54) is 30.6 Å². The largest absolute Gasteiger partial charge is 0.297 e. The van der Waals surface area contributed by atoms with Gasteiger partial charge in [0.2, 0.25) is 0 Å². The molecule has 88 valence electrons. The van der Waals surface area contributed by atoms with Gasteiger partial charge in [-0.25, -0.2) is 0 Å². The lowest BCUT2D eigenvalue weighted by Gasteiger charge is -2.31. The molecule has 1 aromatic rings. The number of piperidine rings is 1. The Bertz CT molecular complexity index is 340. The summed E-state index contributed by atoms with van der Waals surface area (Å²) in [6.07, 6.45) is 4.43. The van der Waals surface area contributed by atoms with Gasteiger partial charge in [-0.2, -0.15) is 0 Å². The zero-order valence-corrected chi connectivity index (χ0v) is 10.6. The zero-order chi connectivity index (χ0) is 11.4. The van der Waals surface area contributed by atoms with Crippen molar-refractivity contribution in [2.24, 2.45) is 5.92 Å². The molecule has 0 saturated carbocycles. The zero-order valence-electron chi connectivity index (χ0n) is 9.82. The molecule has 0 spiro atoms. The molecule has 1 saturated heterocycles. The summed E-state index contributed by atoms with van der Waals surface area (Å²) in [7, 11) is 0. The minimum Gasteiger partial charge on any atom is -0.297 e. The summed E-state index contributed by atoms with van der Waals surface area (Å²) in [5.41, 5.74) is 2.49. The number of aryl methyl sites for hydroxylation is 1. The number of likely N-dealkylation sites (tertiary alicyclic amines) is 1. The molecule has 1 aliphatic heterocycles. The van der Waals surface area contributed by atoms with Crippen LogP contribution in [0, 0.1) is 12.8 Å². The van der Waals surface area contributed by atoms with Crippen LogP contribution in [0.1, 0.15) is 24.1 Å². The highest BCUT2D eigenvalue weighted by molar-refractivity contribution is 6.18. The van der Waals surface area contributed by atoms with E-state index in [-0.39, 0.29) is 0 Å². The van der Waals surface area contributed by atoms with Crippen molar-refractivity contribution in [1.82, 2.24) is 9.88 Å². The number of pyridine rings is 1. The molecule has 1 aromatic heterocycles. The number of halogens is 1. The van der Waals surface area contributed by atoms with Crippen LogP contribution in [-0.2, 0) is 6.54 Å². The molecule has 0 bridgehead atoms. The van der Waals surface area contributed by atoms with Gasteiger partial charge in [-0.05, 0) is 43.9 Å². The number of hydrogen-bond donors (Lipinski definition) is 0. The summed E-state index contributed by atoms with van der Waals surface area (Å²) in [5, 5.41) is 0. The summed E-state index contributed by atoms with van der Waals surface area (Å²) in [6, 6.07) is 4.13. The molecular weight excluding hydrogens is 220 g/mol. The minimum atomic E-state index is 0.666. The molecule has 0 amide bonds. The third kappa shape index (κ3) is 2.96. The highest BCUT2D eigenvalue weighted by Crippen LogP contribution is 2.19. The molecule has 1 aliphatic rings. The SMILES string of the molecule is Cc1cccnc1CN1CCCC(CCl)C1. The number of rotatable bonds is 3. The Morgan fingerprint density at radius 2 is 2.44 bits per heavy atom. The molecule has 1 unspecified atom stereocenters. The Hall–Kier alpha value is -0.600. The first-order valence-electron chi connectivity index (χ1n) is 5.98. The molecule has 2 nitrogen and oxygen atoms in total. The van der Waals surface area contributed by atoms with Crippen LogP contribution in [0.5, 0.6) is 0 Å². The maximum absolute atomic E-state index is 5.94. The van der Waals surface area contributed by atoms with Crippen molar-refractivity contribution in [2.75, 3.05) is 19.0 Å². The highest BCUT2D eigenvalue weighted by Gasteiger charge is 2.19. The third-order valence-corrected chi connectivity index (χ3v) is 3.75. The van der Waals surface area contributed by atoms with Crippen LogP contribution in [0.4, 0.5) is 0 Å². The first-order chi connectivity index (χ1) is 7.79. The quantitative estimate of drug-likeness (QED) is 0.753. The molecule has 2 heterocycles. The van der Waals surface area contributed by atoms with Crippen molar-refractivity contribution in [3.8, 4) is 0 Å². The second kappa shape index (κ2) is 5.65. The van der Waals surface area contributed by atoms with E-state index < -0.39 is 0 Å². The van der Waals surface area contributed by atoms with Gasteiger partial charge in [0.05, 0.1) is 5.69 Å². The van der Waals surface area contributed by atoms with Crippen LogP contribution >= 0.6 is 11.6 Å². The third-order valence-electron chi connectivity index (χ3n) is 3.31. The summed E-state index contributed by atoms with van der Waals surface area (Å²) < 4.78 is 0. The van der Waals surface area contributed by atoms with E-state index in [1.807, 2.05) is 12.3 Å². The normalized spacial score (nSPS) is 22.2. The fourth-order valence-electron chi connectivity index (χ4n) is 2.32. The number of alkyl halides is 1. The Morgan fingerprint density at radius 1 is 1.56 bits per heavy atom. The summed E-state index contributed by atoms with van der Waals surface area (Å²) in [4.78, 5) is 6.93. The lowest BCUT2D eigenvalue weighted by molar-refractivity contribution is 0.176. The van der Waals surface area contributed by atoms with Crippen LogP contribution in [0.15, 0.2) is 18.3 Å². The Morgan fingerprint density at radius 3 is 3.19 bits per heavy atom. The maximum Gasteiger partial charge on any atom is 0.0573 e. The lowest BCUT2D eigenvalue weighted by Crippen LogP contribution is -2.35. The van der Waals surface area contributed by atoms with Gasteiger partial charge in [0.1, 0.15) is 0 Å². The molecule has 2 rings (SSSR count). The monoisotopic (exact) mass is 238 g/mol. The van der Waals surface area contributed by atoms with Crippen molar-refractivity contribution in [1.29, 1.82) is 0 Å². The van der Waals surface area contributed by atoms with Gasteiger partial charge in [-0.15, -0.1) is 11.6 Å². The van der Waals surface area contributed by atoms with E-state index in [0.29, 0.717) is 5.92 Å². The van der Waals surface area contributed by atoms with E-state index in [0.717, 1.165) is 19.0 Å². The average molecular weight is 239 g/mol. The lowest BCUT2D eigenvalue weighted by atomic mass is 10.00. The minimum absolute atomic E-state index is 0.666. The van der Waals surface area contributed by atoms with Crippen molar-refractivity contribution in [2.45, 2.75) is 26.3 Å². The van der Waals surface area contributed by atoms with Crippen molar-refractivity contribution in [3.63, 3.8) is 0 Å². The van der Waals surface area contributed by atoms with Gasteiger partial charge >= 0.3 is 0 Å². The summed E-state index contributed by atoms with van der Waals surface area (Å²) in [6.45, 7) is 5.41. The fourth-order valence-corrected chi connectivity index (χ4v) is 2.57. The van der Waals surface area contributed by atoms with E-state index in [9.17, 15) is 0 Å². The number of nitrogens with zero attached hydrogens (tertiary/aromatic N) is 2. The summed E-state index contributed by atoms with van der Waals surface area (Å²) >= 11 is 5.94. The van der Waals surface area contributed by atoms with E-state index >= 15 is 0 Å². The number of hydrogen-bond acceptors (Lipinski definition) is 2. The highest BCUT2D eigenvalue weighted by atomic mass is 35.5. The first-order valence-corrected chi connectivity index (χ1v) is 6.52. The van der Waals surface area contributed by atoms with Crippen molar-refractivity contribution < 1.29 is 0 Å². The predicted octanol–water partition coefficient (Wildman–Crippen LogP) is 2.84. The molecule has 1 fully saturated rings. The molecule has 0 radical (unpaired) electrons. The van der Waals surface area contributed by atoms with Gasteiger partial charge in [0, 0.05) is 25.2 Å². The van der Waals surface area contributed by atoms with Crippen LogP contribution in [0.3, 0.4) is 0 Å². The van der Waals surface area contributed by atoms with Gasteiger partial charge in [0.15, 0.2) is 0 Å². The average Bonchev–Trinajstić information content (AvgIpc) is 2.32. The van der Waals surface area contributed by atoms with Gasteiger partial charge in [-0.1, -0.05) is 6.07 Å². The maximum atomic E-state index is 5.94. The van der Waals surface area contributed by atoms with Gasteiger partial charge < -0.3 is 0 Å². The Labute approximate surface area is 103 Å². The molecule has 0 aromatic carbocycles. The van der Waals surface area contributed by atoms with E-state index in [4.69, 9.17) is 11.6 Å². The number of aromatic nitrogens is 1. The van der Waals surface area contributed by atoms with Crippen LogP contribution < -0.4 is 0 Å². The molecule has 0 N–H and O–H groups in total. The van der Waals surface area contributed by atoms with Crippen LogP contribution in [0.2, 0.25) is 0 Å².